The van der Waals surface area contributed by atoms with Gasteiger partial charge in [-0.05, 0) is 50.4 Å². The maximum atomic E-state index is 12.7. The van der Waals surface area contributed by atoms with Crippen LogP contribution in [0.15, 0.2) is 60.7 Å². The van der Waals surface area contributed by atoms with Crippen LogP contribution in [0.25, 0.3) is 0 Å². The maximum absolute atomic E-state index is 12.7. The summed E-state index contributed by atoms with van der Waals surface area (Å²) < 4.78 is 0. The van der Waals surface area contributed by atoms with Crippen LogP contribution >= 0.6 is 0 Å². The van der Waals surface area contributed by atoms with E-state index in [0.717, 1.165) is 31.4 Å². The maximum Gasteiger partial charge on any atom is 0.236 e. The first-order chi connectivity index (χ1) is 14.9. The zero-order chi connectivity index (χ0) is 22.1. The molecule has 166 valence electrons. The fourth-order valence-electron chi connectivity index (χ4n) is 5.31. The Morgan fingerprint density at radius 3 is 2.16 bits per heavy atom. The highest BCUT2D eigenvalue weighted by Gasteiger charge is 2.54. The fraction of sp³-hybridized carbons (Fsp3) is 0.480. The van der Waals surface area contributed by atoms with Gasteiger partial charge in [0.15, 0.2) is 6.35 Å². The van der Waals surface area contributed by atoms with Crippen LogP contribution in [0.2, 0.25) is 0 Å². The second-order valence-corrected chi connectivity index (χ2v) is 9.15. The Balaban J connectivity index is 1.63. The standard InChI is InChI=1S/C25H34N4O2/c1-26-25(20-10-6-4-7-11-20)16-14-24(15-17-25)19-28(21-12-8-5-9-13-21)23(31)29(24)18-22(30)27(2)3/h4-13,23,26,31H,14-19H2,1-3H3. The molecule has 1 amide bonds. The number of hydrogen-bond donors (Lipinski definition) is 2. The summed E-state index contributed by atoms with van der Waals surface area (Å²) in [6.45, 7) is 0.933. The first-order valence-electron chi connectivity index (χ1n) is 11.1. The van der Waals surface area contributed by atoms with Gasteiger partial charge in [-0.1, -0.05) is 48.5 Å². The lowest BCUT2D eigenvalue weighted by Gasteiger charge is -2.48. The van der Waals surface area contributed by atoms with Crippen LogP contribution in [-0.2, 0) is 10.3 Å². The third-order valence-corrected chi connectivity index (χ3v) is 7.36. The number of aliphatic hydroxyl groups is 1. The summed E-state index contributed by atoms with van der Waals surface area (Å²) in [7, 11) is 5.58. The molecule has 2 aliphatic rings. The topological polar surface area (TPSA) is 59.1 Å². The number of benzene rings is 2. The van der Waals surface area contributed by atoms with Gasteiger partial charge in [0, 0.05) is 37.4 Å². The fourth-order valence-corrected chi connectivity index (χ4v) is 5.31. The molecular formula is C25H34N4O2. The lowest BCUT2D eigenvalue weighted by Crippen LogP contribution is -2.57. The van der Waals surface area contributed by atoms with E-state index in [1.165, 1.54) is 5.56 Å². The summed E-state index contributed by atoms with van der Waals surface area (Å²) in [5.41, 5.74) is 1.98. The molecule has 1 aliphatic carbocycles. The van der Waals surface area contributed by atoms with E-state index in [9.17, 15) is 9.90 Å². The van der Waals surface area contributed by atoms with Crippen molar-refractivity contribution < 1.29 is 9.90 Å². The molecule has 1 aliphatic heterocycles. The van der Waals surface area contributed by atoms with Crippen molar-refractivity contribution >= 4 is 11.6 Å². The highest BCUT2D eigenvalue weighted by atomic mass is 16.3. The summed E-state index contributed by atoms with van der Waals surface area (Å²) in [4.78, 5) is 18.3. The quantitative estimate of drug-likeness (QED) is 0.776. The van der Waals surface area contributed by atoms with Crippen molar-refractivity contribution in [2.45, 2.75) is 43.1 Å². The van der Waals surface area contributed by atoms with E-state index < -0.39 is 6.35 Å². The monoisotopic (exact) mass is 422 g/mol. The number of nitrogens with one attached hydrogen (secondary N) is 1. The van der Waals surface area contributed by atoms with Crippen LogP contribution in [0.3, 0.4) is 0 Å². The molecule has 2 N–H and O–H groups in total. The molecule has 1 saturated carbocycles. The molecule has 31 heavy (non-hydrogen) atoms. The summed E-state index contributed by atoms with van der Waals surface area (Å²) in [6, 6.07) is 20.7. The number of para-hydroxylation sites is 1. The Bertz CT molecular complexity index is 879. The Morgan fingerprint density at radius 2 is 1.61 bits per heavy atom. The molecule has 1 atom stereocenters. The van der Waals surface area contributed by atoms with E-state index in [1.807, 2.05) is 47.2 Å². The molecule has 2 aromatic carbocycles. The van der Waals surface area contributed by atoms with Crippen molar-refractivity contribution in [2.24, 2.45) is 0 Å². The van der Waals surface area contributed by atoms with E-state index in [0.29, 0.717) is 6.54 Å². The molecule has 6 heteroatoms. The first kappa shape index (κ1) is 21.8. The van der Waals surface area contributed by atoms with E-state index in [2.05, 4.69) is 35.6 Å². The SMILES string of the molecule is CNC1(c2ccccc2)CCC2(CC1)CN(c1ccccc1)C(O)N2CC(=O)N(C)C. The Kier molecular flexibility index (Phi) is 6.06. The second kappa shape index (κ2) is 8.61. The highest BCUT2D eigenvalue weighted by Crippen LogP contribution is 2.48. The molecule has 6 nitrogen and oxygen atoms in total. The Morgan fingerprint density at radius 1 is 1.03 bits per heavy atom. The number of carbonyl (C=O) groups is 1. The molecule has 0 bridgehead atoms. The van der Waals surface area contributed by atoms with Gasteiger partial charge < -0.3 is 20.2 Å². The summed E-state index contributed by atoms with van der Waals surface area (Å²) >= 11 is 0. The summed E-state index contributed by atoms with van der Waals surface area (Å²) in [5.74, 6) is 0.0156. The molecule has 0 radical (unpaired) electrons. The van der Waals surface area contributed by atoms with Crippen molar-refractivity contribution in [3.05, 3.63) is 66.2 Å². The minimum Gasteiger partial charge on any atom is -0.361 e. The number of amides is 1. The Labute approximate surface area is 185 Å². The average Bonchev–Trinajstić information content (AvgIpc) is 3.07. The van der Waals surface area contributed by atoms with E-state index in [-0.39, 0.29) is 23.5 Å². The largest absolute Gasteiger partial charge is 0.361 e. The zero-order valence-corrected chi connectivity index (χ0v) is 18.8. The van der Waals surface area contributed by atoms with Crippen LogP contribution in [0, 0.1) is 0 Å². The molecule has 1 unspecified atom stereocenters. The molecule has 1 heterocycles. The van der Waals surface area contributed by atoms with Crippen molar-refractivity contribution in [3.8, 4) is 0 Å². The molecular weight excluding hydrogens is 388 g/mol. The number of likely N-dealkylation sites (N-methyl/N-ethyl adjacent to an activating group) is 1. The zero-order valence-electron chi connectivity index (χ0n) is 18.8. The van der Waals surface area contributed by atoms with Gasteiger partial charge in [0.1, 0.15) is 0 Å². The smallest absolute Gasteiger partial charge is 0.236 e. The van der Waals surface area contributed by atoms with Gasteiger partial charge >= 0.3 is 0 Å². The van der Waals surface area contributed by atoms with Crippen molar-refractivity contribution in [1.29, 1.82) is 0 Å². The van der Waals surface area contributed by atoms with Gasteiger partial charge in [-0.25, -0.2) is 4.90 Å². The molecule has 1 saturated heterocycles. The minimum atomic E-state index is -0.815. The van der Waals surface area contributed by atoms with Gasteiger partial charge in [0.2, 0.25) is 5.91 Å². The van der Waals surface area contributed by atoms with Gasteiger partial charge in [-0.3, -0.25) is 4.79 Å². The van der Waals surface area contributed by atoms with Crippen molar-refractivity contribution in [3.63, 3.8) is 0 Å². The van der Waals surface area contributed by atoms with Gasteiger partial charge in [-0.2, -0.15) is 0 Å². The number of anilines is 1. The van der Waals surface area contributed by atoms with Crippen LogP contribution in [0.5, 0.6) is 0 Å². The minimum absolute atomic E-state index is 0.0156. The first-order valence-corrected chi connectivity index (χ1v) is 11.1. The molecule has 1 spiro atoms. The van der Waals surface area contributed by atoms with Crippen molar-refractivity contribution in [1.82, 2.24) is 15.1 Å². The van der Waals surface area contributed by atoms with Crippen LogP contribution < -0.4 is 10.2 Å². The normalized spacial score (nSPS) is 28.8. The molecule has 4 rings (SSSR count). The number of nitrogens with zero attached hydrogens (tertiary/aromatic N) is 3. The molecule has 2 aromatic rings. The van der Waals surface area contributed by atoms with E-state index in [1.54, 1.807) is 19.0 Å². The predicted molar refractivity (Wildman–Crippen MR) is 124 cm³/mol. The van der Waals surface area contributed by atoms with Crippen LogP contribution in [0.4, 0.5) is 5.69 Å². The number of rotatable bonds is 5. The average molecular weight is 423 g/mol. The number of aliphatic hydroxyl groups excluding tert-OH is 1. The van der Waals surface area contributed by atoms with Gasteiger partial charge in [0.05, 0.1) is 6.54 Å². The lowest BCUT2D eigenvalue weighted by molar-refractivity contribution is -0.135. The highest BCUT2D eigenvalue weighted by molar-refractivity contribution is 5.78. The lowest BCUT2D eigenvalue weighted by atomic mass is 9.69. The summed E-state index contributed by atoms with van der Waals surface area (Å²) in [6.07, 6.45) is 2.91. The number of hydrogen-bond acceptors (Lipinski definition) is 5. The Hall–Kier alpha value is -2.41. The predicted octanol–water partition coefficient (Wildman–Crippen LogP) is 2.60. The summed E-state index contributed by atoms with van der Waals surface area (Å²) in [5, 5.41) is 14.9. The van der Waals surface area contributed by atoms with E-state index in [4.69, 9.17) is 0 Å². The van der Waals surface area contributed by atoms with Crippen molar-refractivity contribution in [2.75, 3.05) is 39.1 Å². The third kappa shape index (κ3) is 3.95. The van der Waals surface area contributed by atoms with Crippen LogP contribution in [-0.4, -0.2) is 66.9 Å². The second-order valence-electron chi connectivity index (χ2n) is 9.15. The van der Waals surface area contributed by atoms with Gasteiger partial charge in [0.25, 0.3) is 0 Å². The number of carbonyl (C=O) groups excluding carboxylic acids is 1. The van der Waals surface area contributed by atoms with Crippen LogP contribution in [0.1, 0.15) is 31.2 Å². The molecule has 0 aromatic heterocycles. The van der Waals surface area contributed by atoms with E-state index >= 15 is 0 Å². The molecule has 2 fully saturated rings. The third-order valence-electron chi connectivity index (χ3n) is 7.36. The van der Waals surface area contributed by atoms with Gasteiger partial charge in [-0.15, -0.1) is 0 Å².